The molecule has 0 fully saturated rings. The summed E-state index contributed by atoms with van der Waals surface area (Å²) in [7, 11) is 0. The first-order valence-electron chi connectivity index (χ1n) is 9.45. The van der Waals surface area contributed by atoms with Gasteiger partial charge < -0.3 is 20.9 Å². The molecule has 140 valence electrons. The smallest absolute Gasteiger partial charge is 0.0952 e. The maximum atomic E-state index is 5.66. The maximum Gasteiger partial charge on any atom is 0.0952 e. The van der Waals surface area contributed by atoms with Gasteiger partial charge in [-0.15, -0.1) is 0 Å². The van der Waals surface area contributed by atoms with Crippen LogP contribution in [0.5, 0.6) is 0 Å². The Morgan fingerprint density at radius 1 is 0.769 bits per heavy atom. The number of nitrogens with two attached hydrogens (primary N) is 2. The highest BCUT2D eigenvalue weighted by atomic mass is 16.5. The van der Waals surface area contributed by atoms with Crippen molar-refractivity contribution in [1.29, 1.82) is 0 Å². The highest BCUT2D eigenvalue weighted by molar-refractivity contribution is 5.38. The topological polar surface area (TPSA) is 70.5 Å². The molecule has 0 amide bonds. The standard InChI is InChI=1S/2C11H15NO/c2*1-8-3-2-4-9-5-6-13-10(7-12)11(8)9/h2*2-4,10H,5-7,12H2,1H3/t2*10-/m10/s1. The van der Waals surface area contributed by atoms with Crippen molar-refractivity contribution < 1.29 is 9.47 Å². The van der Waals surface area contributed by atoms with Gasteiger partial charge in [0.1, 0.15) is 0 Å². The summed E-state index contributed by atoms with van der Waals surface area (Å²) in [5.74, 6) is 0. The van der Waals surface area contributed by atoms with Gasteiger partial charge in [-0.05, 0) is 60.1 Å². The molecule has 0 bridgehead atoms. The van der Waals surface area contributed by atoms with Gasteiger partial charge in [-0.25, -0.2) is 0 Å². The molecule has 0 saturated heterocycles. The van der Waals surface area contributed by atoms with Gasteiger partial charge in [0.05, 0.1) is 25.4 Å². The van der Waals surface area contributed by atoms with Crippen LogP contribution >= 0.6 is 0 Å². The molecule has 4 rings (SSSR count). The van der Waals surface area contributed by atoms with E-state index in [0.717, 1.165) is 26.1 Å². The Kier molecular flexibility index (Phi) is 6.43. The summed E-state index contributed by atoms with van der Waals surface area (Å²) in [6, 6.07) is 12.8. The highest BCUT2D eigenvalue weighted by Gasteiger charge is 2.21. The van der Waals surface area contributed by atoms with Crippen LogP contribution in [-0.2, 0) is 22.3 Å². The zero-order valence-electron chi connectivity index (χ0n) is 15.8. The molecule has 2 aromatic rings. The third-order valence-electron chi connectivity index (χ3n) is 5.28. The summed E-state index contributed by atoms with van der Waals surface area (Å²) < 4.78 is 11.2. The summed E-state index contributed by atoms with van der Waals surface area (Å²) in [4.78, 5) is 0. The molecule has 0 saturated carbocycles. The Hall–Kier alpha value is -1.72. The van der Waals surface area contributed by atoms with E-state index in [9.17, 15) is 0 Å². The fraction of sp³-hybridized carbons (Fsp3) is 0.455. The molecular formula is C22H30N2O2. The van der Waals surface area contributed by atoms with Gasteiger partial charge in [0.25, 0.3) is 0 Å². The van der Waals surface area contributed by atoms with Crippen molar-refractivity contribution in [3.05, 3.63) is 69.8 Å². The molecular weight excluding hydrogens is 324 g/mol. The average Bonchev–Trinajstić information content (AvgIpc) is 2.68. The molecule has 0 radical (unpaired) electrons. The summed E-state index contributed by atoms with van der Waals surface area (Å²) in [5, 5.41) is 0. The van der Waals surface area contributed by atoms with E-state index in [2.05, 4.69) is 50.2 Å². The minimum absolute atomic E-state index is 0.116. The van der Waals surface area contributed by atoms with E-state index in [-0.39, 0.29) is 12.2 Å². The zero-order chi connectivity index (χ0) is 18.5. The van der Waals surface area contributed by atoms with Crippen LogP contribution in [0.25, 0.3) is 0 Å². The summed E-state index contributed by atoms with van der Waals surface area (Å²) >= 11 is 0. The van der Waals surface area contributed by atoms with E-state index in [1.165, 1.54) is 33.4 Å². The van der Waals surface area contributed by atoms with Crippen molar-refractivity contribution in [2.45, 2.75) is 38.9 Å². The van der Waals surface area contributed by atoms with E-state index < -0.39 is 0 Å². The van der Waals surface area contributed by atoms with E-state index >= 15 is 0 Å². The zero-order valence-corrected chi connectivity index (χ0v) is 15.8. The second-order valence-corrected chi connectivity index (χ2v) is 6.99. The van der Waals surface area contributed by atoms with Crippen LogP contribution in [0.15, 0.2) is 36.4 Å². The van der Waals surface area contributed by atoms with Crippen molar-refractivity contribution in [1.82, 2.24) is 0 Å². The van der Waals surface area contributed by atoms with Crippen molar-refractivity contribution >= 4 is 0 Å². The second-order valence-electron chi connectivity index (χ2n) is 6.99. The van der Waals surface area contributed by atoms with Crippen LogP contribution in [0, 0.1) is 13.8 Å². The molecule has 2 aliphatic rings. The third kappa shape index (κ3) is 3.99. The van der Waals surface area contributed by atoms with E-state index in [1.54, 1.807) is 0 Å². The van der Waals surface area contributed by atoms with Crippen molar-refractivity contribution in [2.75, 3.05) is 26.3 Å². The molecule has 2 aliphatic heterocycles. The van der Waals surface area contributed by atoms with E-state index in [4.69, 9.17) is 20.9 Å². The van der Waals surface area contributed by atoms with Crippen LogP contribution in [0.3, 0.4) is 0 Å². The Balaban J connectivity index is 0.000000151. The number of ether oxygens (including phenoxy) is 2. The van der Waals surface area contributed by atoms with Crippen molar-refractivity contribution in [2.24, 2.45) is 11.5 Å². The first-order valence-corrected chi connectivity index (χ1v) is 9.45. The molecule has 4 heteroatoms. The number of hydrogen-bond acceptors (Lipinski definition) is 4. The average molecular weight is 354 g/mol. The van der Waals surface area contributed by atoms with Gasteiger partial charge in [-0.2, -0.15) is 0 Å². The molecule has 2 heterocycles. The van der Waals surface area contributed by atoms with E-state index in [0.29, 0.717) is 13.1 Å². The van der Waals surface area contributed by atoms with Crippen LogP contribution < -0.4 is 11.5 Å². The van der Waals surface area contributed by atoms with Crippen LogP contribution in [-0.4, -0.2) is 26.3 Å². The molecule has 0 aromatic heterocycles. The lowest BCUT2D eigenvalue weighted by molar-refractivity contribution is 0.0479. The monoisotopic (exact) mass is 354 g/mol. The SMILES string of the molecule is Cc1cccc2c1[C@@H](CN)OCC2.Cc1cccc2c1[C@H](CN)OCC2. The predicted octanol–water partition coefficient (Wildman–Crippen LogP) is 3.14. The molecule has 0 unspecified atom stereocenters. The van der Waals surface area contributed by atoms with Gasteiger partial charge in [-0.3, -0.25) is 0 Å². The lowest BCUT2D eigenvalue weighted by Crippen LogP contribution is -2.23. The number of benzene rings is 2. The molecule has 4 nitrogen and oxygen atoms in total. The van der Waals surface area contributed by atoms with Crippen LogP contribution in [0.1, 0.15) is 45.6 Å². The Labute approximate surface area is 156 Å². The van der Waals surface area contributed by atoms with Gasteiger partial charge in [0.2, 0.25) is 0 Å². The molecule has 0 spiro atoms. The summed E-state index contributed by atoms with van der Waals surface area (Å²) in [5.41, 5.74) is 19.4. The third-order valence-corrected chi connectivity index (χ3v) is 5.28. The quantitative estimate of drug-likeness (QED) is 0.869. The van der Waals surface area contributed by atoms with Crippen molar-refractivity contribution in [3.8, 4) is 0 Å². The Bertz CT molecular complexity index is 681. The predicted molar refractivity (Wildman–Crippen MR) is 105 cm³/mol. The largest absolute Gasteiger partial charge is 0.372 e. The number of fused-ring (bicyclic) bond motifs is 2. The molecule has 4 N–H and O–H groups in total. The number of hydrogen-bond donors (Lipinski definition) is 2. The normalized spacial score (nSPS) is 21.2. The molecule has 0 aliphatic carbocycles. The Morgan fingerprint density at radius 3 is 1.58 bits per heavy atom. The second kappa shape index (κ2) is 8.78. The highest BCUT2D eigenvalue weighted by Crippen LogP contribution is 2.29. The number of rotatable bonds is 2. The number of aryl methyl sites for hydroxylation is 2. The minimum atomic E-state index is 0.116. The maximum absolute atomic E-state index is 5.66. The molecule has 2 atom stereocenters. The van der Waals surface area contributed by atoms with Gasteiger partial charge in [0.15, 0.2) is 0 Å². The lowest BCUT2D eigenvalue weighted by atomic mass is 9.93. The van der Waals surface area contributed by atoms with Gasteiger partial charge >= 0.3 is 0 Å². The van der Waals surface area contributed by atoms with E-state index in [1.807, 2.05) is 0 Å². The first kappa shape index (κ1) is 19.1. The summed E-state index contributed by atoms with van der Waals surface area (Å²) in [6.07, 6.45) is 2.27. The van der Waals surface area contributed by atoms with Gasteiger partial charge in [-0.1, -0.05) is 36.4 Å². The van der Waals surface area contributed by atoms with Crippen LogP contribution in [0.4, 0.5) is 0 Å². The molecule has 26 heavy (non-hydrogen) atoms. The molecule has 2 aromatic carbocycles. The fourth-order valence-corrected chi connectivity index (χ4v) is 4.00. The first-order chi connectivity index (χ1) is 12.7. The lowest BCUT2D eigenvalue weighted by Gasteiger charge is -2.26. The summed E-state index contributed by atoms with van der Waals surface area (Å²) in [6.45, 7) is 7.01. The van der Waals surface area contributed by atoms with Crippen molar-refractivity contribution in [3.63, 3.8) is 0 Å². The van der Waals surface area contributed by atoms with Crippen LogP contribution in [0.2, 0.25) is 0 Å². The minimum Gasteiger partial charge on any atom is -0.372 e. The van der Waals surface area contributed by atoms with Gasteiger partial charge in [0, 0.05) is 13.1 Å². The Morgan fingerprint density at radius 2 is 1.19 bits per heavy atom. The fourth-order valence-electron chi connectivity index (χ4n) is 4.00.